The topological polar surface area (TPSA) is 66.6 Å². The summed E-state index contributed by atoms with van der Waals surface area (Å²) in [6.45, 7) is 2.42. The summed E-state index contributed by atoms with van der Waals surface area (Å²) in [4.78, 5) is 13.5. The monoisotopic (exact) mass is 264 g/mol. The molecule has 1 amide bonds. The molecule has 0 aliphatic heterocycles. The van der Waals surface area contributed by atoms with E-state index in [0.29, 0.717) is 13.0 Å². The second-order valence-corrected chi connectivity index (χ2v) is 4.75. The lowest BCUT2D eigenvalue weighted by molar-refractivity contribution is -0.136. The van der Waals surface area contributed by atoms with E-state index >= 15 is 0 Å². The molecule has 1 aromatic carbocycles. The molecule has 4 heteroatoms. The zero-order valence-corrected chi connectivity index (χ0v) is 11.6. The molecular weight excluding hydrogens is 240 g/mol. The first-order chi connectivity index (χ1) is 9.19. The fourth-order valence-corrected chi connectivity index (χ4v) is 1.99. The van der Waals surface area contributed by atoms with Gasteiger partial charge in [0.1, 0.15) is 6.73 Å². The summed E-state index contributed by atoms with van der Waals surface area (Å²) in [5.41, 5.74) is 6.96. The predicted octanol–water partition coefficient (Wildman–Crippen LogP) is 1.52. The van der Waals surface area contributed by atoms with Crippen molar-refractivity contribution in [1.29, 1.82) is 0 Å². The number of unbranched alkanes of at least 4 members (excludes halogenated alkanes) is 2. The van der Waals surface area contributed by atoms with Crippen molar-refractivity contribution >= 4 is 5.91 Å². The van der Waals surface area contributed by atoms with Gasteiger partial charge in [0.05, 0.1) is 6.04 Å². The number of carbonyl (C=O) groups is 1. The number of benzene rings is 1. The Bertz CT molecular complexity index is 368. The van der Waals surface area contributed by atoms with Gasteiger partial charge < -0.3 is 15.7 Å². The van der Waals surface area contributed by atoms with Gasteiger partial charge in [0, 0.05) is 6.54 Å². The van der Waals surface area contributed by atoms with Gasteiger partial charge in [0.25, 0.3) is 0 Å². The zero-order chi connectivity index (χ0) is 14.1. The first-order valence-electron chi connectivity index (χ1n) is 6.88. The molecule has 3 N–H and O–H groups in total. The lowest BCUT2D eigenvalue weighted by Crippen LogP contribution is -2.45. The minimum atomic E-state index is -0.587. The summed E-state index contributed by atoms with van der Waals surface area (Å²) < 4.78 is 0. The van der Waals surface area contributed by atoms with E-state index in [1.165, 1.54) is 4.90 Å². The Hall–Kier alpha value is -1.39. The molecule has 0 spiro atoms. The lowest BCUT2D eigenvalue weighted by Gasteiger charge is -2.23. The molecule has 0 radical (unpaired) electrons. The van der Waals surface area contributed by atoms with E-state index in [2.05, 4.69) is 6.92 Å². The van der Waals surface area contributed by atoms with Gasteiger partial charge in [-0.2, -0.15) is 0 Å². The van der Waals surface area contributed by atoms with Crippen molar-refractivity contribution in [2.75, 3.05) is 13.3 Å². The highest BCUT2D eigenvalue weighted by Crippen LogP contribution is 2.05. The Morgan fingerprint density at radius 2 is 2.00 bits per heavy atom. The van der Waals surface area contributed by atoms with E-state index in [-0.39, 0.29) is 12.6 Å². The second kappa shape index (κ2) is 8.67. The van der Waals surface area contributed by atoms with Crippen LogP contribution in [-0.4, -0.2) is 35.2 Å². The number of carbonyl (C=O) groups excluding carboxylic acids is 1. The Labute approximate surface area is 115 Å². The minimum absolute atomic E-state index is 0.178. The molecule has 0 fully saturated rings. The summed E-state index contributed by atoms with van der Waals surface area (Å²) in [7, 11) is 0. The number of aliphatic hydroxyl groups excluding tert-OH is 1. The fourth-order valence-electron chi connectivity index (χ4n) is 1.99. The van der Waals surface area contributed by atoms with Gasteiger partial charge in [-0.25, -0.2) is 0 Å². The molecule has 0 aliphatic carbocycles. The first-order valence-corrected chi connectivity index (χ1v) is 6.88. The largest absolute Gasteiger partial charge is 0.376 e. The third kappa shape index (κ3) is 5.41. The Balaban J connectivity index is 2.49. The maximum Gasteiger partial charge on any atom is 0.241 e. The SMILES string of the molecule is CCCCCN(CO)C(=O)C(N)Cc1ccccc1. The van der Waals surface area contributed by atoms with Crippen LogP contribution in [0.2, 0.25) is 0 Å². The number of aliphatic hydroxyl groups is 1. The Morgan fingerprint density at radius 3 is 2.58 bits per heavy atom. The molecule has 1 aromatic rings. The number of rotatable bonds is 8. The van der Waals surface area contributed by atoms with E-state index in [4.69, 9.17) is 5.73 Å². The van der Waals surface area contributed by atoms with Crippen molar-refractivity contribution in [3.05, 3.63) is 35.9 Å². The van der Waals surface area contributed by atoms with Crippen molar-refractivity contribution in [2.24, 2.45) is 5.73 Å². The van der Waals surface area contributed by atoms with Gasteiger partial charge >= 0.3 is 0 Å². The number of hydrogen-bond donors (Lipinski definition) is 2. The predicted molar refractivity (Wildman–Crippen MR) is 76.4 cm³/mol. The molecule has 0 heterocycles. The molecule has 0 aliphatic rings. The molecule has 1 atom stereocenters. The van der Waals surface area contributed by atoms with Crippen LogP contribution in [-0.2, 0) is 11.2 Å². The molecule has 1 rings (SSSR count). The summed E-state index contributed by atoms with van der Waals surface area (Å²) in [5.74, 6) is -0.178. The van der Waals surface area contributed by atoms with Crippen LogP contribution in [0.3, 0.4) is 0 Å². The fraction of sp³-hybridized carbons (Fsp3) is 0.533. The van der Waals surface area contributed by atoms with Gasteiger partial charge in [-0.05, 0) is 18.4 Å². The van der Waals surface area contributed by atoms with E-state index in [1.807, 2.05) is 30.3 Å². The van der Waals surface area contributed by atoms with Gasteiger partial charge in [-0.1, -0.05) is 50.1 Å². The summed E-state index contributed by atoms with van der Waals surface area (Å²) in [6, 6.07) is 9.11. The maximum absolute atomic E-state index is 12.1. The summed E-state index contributed by atoms with van der Waals surface area (Å²) in [6.07, 6.45) is 3.55. The molecule has 0 aromatic heterocycles. The second-order valence-electron chi connectivity index (χ2n) is 4.75. The summed E-state index contributed by atoms with van der Waals surface area (Å²) in [5, 5.41) is 9.26. The van der Waals surface area contributed by atoms with E-state index < -0.39 is 6.04 Å². The Kier molecular flexibility index (Phi) is 7.15. The van der Waals surface area contributed by atoms with Crippen molar-refractivity contribution < 1.29 is 9.90 Å². The lowest BCUT2D eigenvalue weighted by atomic mass is 10.1. The van der Waals surface area contributed by atoms with Gasteiger partial charge in [0.2, 0.25) is 5.91 Å². The van der Waals surface area contributed by atoms with Crippen LogP contribution in [0, 0.1) is 0 Å². The van der Waals surface area contributed by atoms with Crippen molar-refractivity contribution in [3.8, 4) is 0 Å². The number of nitrogens with two attached hydrogens (primary N) is 1. The normalized spacial score (nSPS) is 12.2. The molecule has 4 nitrogen and oxygen atoms in total. The highest BCUT2D eigenvalue weighted by atomic mass is 16.3. The van der Waals surface area contributed by atoms with Crippen LogP contribution in [0.4, 0.5) is 0 Å². The van der Waals surface area contributed by atoms with Gasteiger partial charge in [-0.3, -0.25) is 4.79 Å². The number of hydrogen-bond acceptors (Lipinski definition) is 3. The molecule has 0 saturated heterocycles. The standard InChI is InChI=1S/C15H24N2O2/c1-2-3-7-10-17(12-18)15(19)14(16)11-13-8-5-4-6-9-13/h4-6,8-9,14,18H,2-3,7,10-12,16H2,1H3. The van der Waals surface area contributed by atoms with E-state index in [1.54, 1.807) is 0 Å². The molecule has 19 heavy (non-hydrogen) atoms. The van der Waals surface area contributed by atoms with Crippen LogP contribution in [0.15, 0.2) is 30.3 Å². The van der Waals surface area contributed by atoms with Crippen LogP contribution < -0.4 is 5.73 Å². The maximum atomic E-state index is 12.1. The minimum Gasteiger partial charge on any atom is -0.376 e. The smallest absolute Gasteiger partial charge is 0.241 e. The highest BCUT2D eigenvalue weighted by molar-refractivity contribution is 5.81. The number of amides is 1. The zero-order valence-electron chi connectivity index (χ0n) is 11.6. The highest BCUT2D eigenvalue weighted by Gasteiger charge is 2.20. The molecule has 0 bridgehead atoms. The van der Waals surface area contributed by atoms with Crippen molar-refractivity contribution in [2.45, 2.75) is 38.6 Å². The van der Waals surface area contributed by atoms with E-state index in [9.17, 15) is 9.90 Å². The van der Waals surface area contributed by atoms with Gasteiger partial charge in [0.15, 0.2) is 0 Å². The van der Waals surface area contributed by atoms with Crippen LogP contribution in [0.1, 0.15) is 31.7 Å². The van der Waals surface area contributed by atoms with Crippen molar-refractivity contribution in [1.82, 2.24) is 4.90 Å². The summed E-state index contributed by atoms with van der Waals surface area (Å²) >= 11 is 0. The molecule has 0 saturated carbocycles. The van der Waals surface area contributed by atoms with E-state index in [0.717, 1.165) is 24.8 Å². The average Bonchev–Trinajstić information content (AvgIpc) is 2.44. The number of nitrogens with zero attached hydrogens (tertiary/aromatic N) is 1. The van der Waals surface area contributed by atoms with Crippen LogP contribution >= 0.6 is 0 Å². The van der Waals surface area contributed by atoms with Crippen LogP contribution in [0.5, 0.6) is 0 Å². The molecule has 1 unspecified atom stereocenters. The van der Waals surface area contributed by atoms with Crippen molar-refractivity contribution in [3.63, 3.8) is 0 Å². The third-order valence-corrected chi connectivity index (χ3v) is 3.13. The Morgan fingerprint density at radius 1 is 1.32 bits per heavy atom. The quantitative estimate of drug-likeness (QED) is 0.552. The third-order valence-electron chi connectivity index (χ3n) is 3.13. The van der Waals surface area contributed by atoms with Crippen LogP contribution in [0.25, 0.3) is 0 Å². The average molecular weight is 264 g/mol. The van der Waals surface area contributed by atoms with Gasteiger partial charge in [-0.15, -0.1) is 0 Å². The molecular formula is C15H24N2O2. The molecule has 106 valence electrons. The first kappa shape index (κ1) is 15.7.